The summed E-state index contributed by atoms with van der Waals surface area (Å²) in [6, 6.07) is 13.6. The van der Waals surface area contributed by atoms with Gasteiger partial charge in [-0.3, -0.25) is 0 Å². The van der Waals surface area contributed by atoms with Crippen LogP contribution in [0.25, 0.3) is 17.2 Å². The van der Waals surface area contributed by atoms with Gasteiger partial charge in [0.05, 0.1) is 0 Å². The number of hydrogen-bond donors (Lipinski definition) is 0. The van der Waals surface area contributed by atoms with Gasteiger partial charge in [0.15, 0.2) is 0 Å². The largest absolute Gasteiger partial charge is 3.00 e. The van der Waals surface area contributed by atoms with Gasteiger partial charge in [-0.2, -0.15) is 0 Å². The molecule has 4 saturated carbocycles. The van der Waals surface area contributed by atoms with Gasteiger partial charge in [-0.15, -0.1) is 33.4 Å². The Morgan fingerprint density at radius 1 is 0.879 bits per heavy atom. The summed E-state index contributed by atoms with van der Waals surface area (Å²) in [5.74, 6) is 2.96. The maximum absolute atomic E-state index is 3.81. The van der Waals surface area contributed by atoms with Gasteiger partial charge in [-0.25, -0.2) is 0 Å². The number of fused-ring (bicyclic) bond motifs is 2. The van der Waals surface area contributed by atoms with Crippen LogP contribution in [0, 0.1) is 33.6 Å². The third kappa shape index (κ3) is 3.82. The molecule has 8 rings (SSSR count). The normalized spacial score (nSPS) is 30.2. The van der Waals surface area contributed by atoms with E-state index in [1.807, 2.05) is 0 Å². The van der Waals surface area contributed by atoms with E-state index in [1.54, 1.807) is 5.57 Å². The van der Waals surface area contributed by atoms with Crippen LogP contribution >= 0.6 is 0 Å². The molecule has 0 atom stereocenters. The molecule has 2 aromatic carbocycles. The SMILES string of the molecule is CC(=c1ccc2c(c1C1=CC=CC1)[C-]=c1ccccc1=2)C12CC3CC(CC(C3)C1)C2.[Cl-].[Cl-].[Zr+3]. The molecule has 2 aromatic rings. The Balaban J connectivity index is 0.000000864. The summed E-state index contributed by atoms with van der Waals surface area (Å²) < 4.78 is 0. The van der Waals surface area contributed by atoms with Gasteiger partial charge in [-0.05, 0) is 75.0 Å². The van der Waals surface area contributed by atoms with Crippen molar-refractivity contribution in [1.82, 2.24) is 0 Å². The van der Waals surface area contributed by atoms with E-state index in [2.05, 4.69) is 67.6 Å². The molecule has 6 aliphatic carbocycles. The quantitative estimate of drug-likeness (QED) is 0.385. The summed E-state index contributed by atoms with van der Waals surface area (Å²) in [4.78, 5) is 0. The molecule has 0 aliphatic heterocycles. The molecular formula is C30H29Cl2Zr. The fraction of sp³-hybridized carbons (Fsp3) is 0.400. The second-order valence-corrected chi connectivity index (χ2v) is 10.7. The molecular weight excluding hydrogens is 522 g/mol. The zero-order valence-corrected chi connectivity index (χ0v) is 23.1. The Morgan fingerprint density at radius 2 is 1.55 bits per heavy atom. The predicted molar refractivity (Wildman–Crippen MR) is 124 cm³/mol. The first kappa shape index (κ1) is 25.2. The van der Waals surface area contributed by atoms with Gasteiger partial charge < -0.3 is 24.8 Å². The molecule has 0 nitrogen and oxygen atoms in total. The predicted octanol–water partition coefficient (Wildman–Crippen LogP) is -0.271. The molecule has 167 valence electrons. The topological polar surface area (TPSA) is 0 Å². The molecule has 0 heterocycles. The average Bonchev–Trinajstić information content (AvgIpc) is 3.39. The zero-order valence-electron chi connectivity index (χ0n) is 19.1. The summed E-state index contributed by atoms with van der Waals surface area (Å²) >= 11 is 0. The number of allylic oxidation sites excluding steroid dienone is 4. The fourth-order valence-corrected chi connectivity index (χ4v) is 8.05. The second-order valence-electron chi connectivity index (χ2n) is 10.7. The number of rotatable bonds is 2. The minimum Gasteiger partial charge on any atom is -1.00 e. The Hall–Kier alpha value is -0.877. The van der Waals surface area contributed by atoms with Crippen LogP contribution in [0.15, 0.2) is 54.6 Å². The van der Waals surface area contributed by atoms with Gasteiger partial charge in [0.2, 0.25) is 0 Å². The molecule has 33 heavy (non-hydrogen) atoms. The van der Waals surface area contributed by atoms with E-state index in [-0.39, 0.29) is 51.0 Å². The van der Waals surface area contributed by atoms with Gasteiger partial charge in [-0.1, -0.05) is 70.5 Å². The monoisotopic (exact) mass is 549 g/mol. The van der Waals surface area contributed by atoms with Crippen molar-refractivity contribution in [2.75, 3.05) is 0 Å². The maximum Gasteiger partial charge on any atom is 3.00 e. The van der Waals surface area contributed by atoms with E-state index in [4.69, 9.17) is 0 Å². The molecule has 6 aliphatic rings. The van der Waals surface area contributed by atoms with Crippen LogP contribution in [0.5, 0.6) is 0 Å². The number of hydrogen-bond acceptors (Lipinski definition) is 0. The minimum atomic E-state index is 0. The summed E-state index contributed by atoms with van der Waals surface area (Å²) in [7, 11) is 0. The van der Waals surface area contributed by atoms with Crippen molar-refractivity contribution in [2.24, 2.45) is 23.2 Å². The van der Waals surface area contributed by atoms with Crippen molar-refractivity contribution >= 4 is 17.2 Å². The molecule has 3 heteroatoms. The van der Waals surface area contributed by atoms with Crippen molar-refractivity contribution in [2.45, 2.75) is 51.9 Å². The number of halogens is 2. The first-order valence-corrected chi connectivity index (χ1v) is 11.9. The van der Waals surface area contributed by atoms with Crippen LogP contribution < -0.4 is 35.3 Å². The van der Waals surface area contributed by atoms with Crippen LogP contribution in [0.1, 0.15) is 63.0 Å². The number of benzene rings is 2. The van der Waals surface area contributed by atoms with E-state index in [0.29, 0.717) is 5.41 Å². The molecule has 4 fully saturated rings. The first-order chi connectivity index (χ1) is 14.7. The summed E-state index contributed by atoms with van der Waals surface area (Å²) in [6.07, 6.45) is 20.6. The van der Waals surface area contributed by atoms with Crippen molar-refractivity contribution in [3.05, 3.63) is 86.6 Å². The minimum absolute atomic E-state index is 0. The van der Waals surface area contributed by atoms with E-state index in [1.165, 1.54) is 76.1 Å². The van der Waals surface area contributed by atoms with Crippen LogP contribution in [0.4, 0.5) is 0 Å². The average molecular weight is 552 g/mol. The van der Waals surface area contributed by atoms with Crippen LogP contribution in [0.3, 0.4) is 0 Å². The fourth-order valence-electron chi connectivity index (χ4n) is 8.05. The molecule has 0 spiro atoms. The molecule has 1 radical (unpaired) electrons. The maximum atomic E-state index is 3.81. The third-order valence-electron chi connectivity index (χ3n) is 9.01. The van der Waals surface area contributed by atoms with Gasteiger partial charge in [0.1, 0.15) is 0 Å². The molecule has 0 unspecified atom stereocenters. The van der Waals surface area contributed by atoms with Crippen LogP contribution in [-0.2, 0) is 26.2 Å². The molecule has 4 bridgehead atoms. The van der Waals surface area contributed by atoms with E-state index >= 15 is 0 Å². The Morgan fingerprint density at radius 3 is 2.18 bits per heavy atom. The van der Waals surface area contributed by atoms with E-state index < -0.39 is 0 Å². The Bertz CT molecular complexity index is 1330. The van der Waals surface area contributed by atoms with E-state index in [9.17, 15) is 0 Å². The van der Waals surface area contributed by atoms with Crippen molar-refractivity contribution in [1.29, 1.82) is 0 Å². The smallest absolute Gasteiger partial charge is 1.00 e. The van der Waals surface area contributed by atoms with E-state index in [0.717, 1.165) is 24.2 Å². The molecule has 0 amide bonds. The first-order valence-electron chi connectivity index (χ1n) is 11.9. The van der Waals surface area contributed by atoms with Crippen molar-refractivity contribution in [3.8, 4) is 0 Å². The van der Waals surface area contributed by atoms with Gasteiger partial charge in [0.25, 0.3) is 0 Å². The second kappa shape index (κ2) is 9.29. The van der Waals surface area contributed by atoms with Crippen LogP contribution in [0.2, 0.25) is 0 Å². The zero-order chi connectivity index (χ0) is 19.9. The third-order valence-corrected chi connectivity index (χ3v) is 9.01. The summed E-state index contributed by atoms with van der Waals surface area (Å²) in [6.45, 7) is 2.49. The van der Waals surface area contributed by atoms with Crippen molar-refractivity contribution < 1.29 is 51.0 Å². The van der Waals surface area contributed by atoms with Gasteiger partial charge in [0, 0.05) is 0 Å². The molecule has 0 N–H and O–H groups in total. The van der Waals surface area contributed by atoms with Gasteiger partial charge >= 0.3 is 26.2 Å². The Labute approximate surface area is 228 Å². The van der Waals surface area contributed by atoms with Crippen molar-refractivity contribution in [3.63, 3.8) is 0 Å². The molecule has 0 saturated heterocycles. The Kier molecular flexibility index (Phi) is 7.10. The summed E-state index contributed by atoms with van der Waals surface area (Å²) in [5, 5.41) is 5.49. The summed E-state index contributed by atoms with van der Waals surface area (Å²) in [5.41, 5.74) is 6.43. The standard InChI is InChI=1S/C30H29.2ClH.Zr/c1-19(30-16-20-12-21(17-30)14-22(13-20)18-30)25-10-11-27-26-9-5-4-8-24(26)15-28(27)29(25)23-6-2-3-7-23;;;/h2-6,8-11,20-22H,7,12-14,16-18H2,1H3;2*1H;/q-1;;;+3/p-2. The molecule has 0 aromatic heterocycles. The van der Waals surface area contributed by atoms with Crippen LogP contribution in [-0.4, -0.2) is 0 Å².